The van der Waals surface area contributed by atoms with Crippen LogP contribution in [0.4, 0.5) is 11.8 Å². The average Bonchev–Trinajstić information content (AvgIpc) is 3.17. The van der Waals surface area contributed by atoms with Gasteiger partial charge in [-0.15, -0.1) is 0 Å². The maximum atomic E-state index is 4.69. The van der Waals surface area contributed by atoms with E-state index in [1.807, 2.05) is 12.3 Å². The Bertz CT molecular complexity index is 824. The molecule has 132 valence electrons. The van der Waals surface area contributed by atoms with E-state index in [1.165, 1.54) is 5.56 Å². The minimum atomic E-state index is 0.455. The van der Waals surface area contributed by atoms with Gasteiger partial charge < -0.3 is 10.2 Å². The molecule has 2 aromatic heterocycles. The third-order valence-corrected chi connectivity index (χ3v) is 4.73. The second-order valence-corrected chi connectivity index (χ2v) is 6.54. The monoisotopic (exact) mass is 346 g/mol. The zero-order valence-electron chi connectivity index (χ0n) is 14.6. The van der Waals surface area contributed by atoms with Crippen molar-refractivity contribution in [3.63, 3.8) is 0 Å². The van der Waals surface area contributed by atoms with Crippen LogP contribution in [-0.2, 0) is 6.42 Å². The summed E-state index contributed by atoms with van der Waals surface area (Å²) in [6.07, 6.45) is 9.00. The number of benzene rings is 1. The van der Waals surface area contributed by atoms with Crippen molar-refractivity contribution in [1.82, 2.24) is 24.8 Å². The van der Waals surface area contributed by atoms with Crippen molar-refractivity contribution in [3.8, 4) is 0 Å². The van der Waals surface area contributed by atoms with Crippen LogP contribution in [-0.4, -0.2) is 44.5 Å². The number of anilines is 2. The van der Waals surface area contributed by atoms with Crippen LogP contribution >= 0.6 is 0 Å². The zero-order valence-corrected chi connectivity index (χ0v) is 14.6. The van der Waals surface area contributed by atoms with E-state index in [1.54, 1.807) is 18.6 Å². The first-order valence-electron chi connectivity index (χ1n) is 8.99. The number of hydrogen-bond acceptors (Lipinski definition) is 6. The summed E-state index contributed by atoms with van der Waals surface area (Å²) >= 11 is 0. The van der Waals surface area contributed by atoms with Gasteiger partial charge >= 0.3 is 0 Å². The third-order valence-electron chi connectivity index (χ3n) is 4.73. The number of hydrogen-bond donors (Lipinski definition) is 1. The van der Waals surface area contributed by atoms with Crippen LogP contribution in [0.25, 0.3) is 0 Å². The first-order valence-corrected chi connectivity index (χ1v) is 8.99. The molecular weight excluding hydrogens is 324 g/mol. The highest BCUT2D eigenvalue weighted by Crippen LogP contribution is 2.26. The summed E-state index contributed by atoms with van der Waals surface area (Å²) in [5.74, 6) is 1.68. The lowest BCUT2D eigenvalue weighted by Gasteiger charge is -2.16. The molecule has 0 amide bonds. The topological polar surface area (TPSA) is 66.8 Å². The standard InChI is InChI=1S/C20H22N6/c1-2-4-16(5-3-1)7-12-26-13-8-17(15-26)18-6-9-23-20(24-18)25-19-14-21-10-11-22-19/h1-6,9-11,14,17H,7-8,12-13,15H2,(H,22,23,24,25). The van der Waals surface area contributed by atoms with Crippen LogP contribution < -0.4 is 5.32 Å². The summed E-state index contributed by atoms with van der Waals surface area (Å²) < 4.78 is 0. The molecule has 1 unspecified atom stereocenters. The Morgan fingerprint density at radius 3 is 2.81 bits per heavy atom. The molecule has 3 heterocycles. The predicted molar refractivity (Wildman–Crippen MR) is 101 cm³/mol. The van der Waals surface area contributed by atoms with Crippen molar-refractivity contribution in [2.24, 2.45) is 0 Å². The van der Waals surface area contributed by atoms with E-state index in [9.17, 15) is 0 Å². The van der Waals surface area contributed by atoms with Gasteiger partial charge in [-0.05, 0) is 31.0 Å². The van der Waals surface area contributed by atoms with Crippen molar-refractivity contribution in [3.05, 3.63) is 72.4 Å². The SMILES string of the molecule is c1ccc(CCN2CCC(c3ccnc(Nc4cnccn4)n3)C2)cc1. The fourth-order valence-electron chi connectivity index (χ4n) is 3.35. The van der Waals surface area contributed by atoms with Crippen LogP contribution in [0, 0.1) is 0 Å². The van der Waals surface area contributed by atoms with Gasteiger partial charge in [0, 0.05) is 37.6 Å². The number of aromatic nitrogens is 4. The lowest BCUT2D eigenvalue weighted by molar-refractivity contribution is 0.338. The molecule has 0 spiro atoms. The highest BCUT2D eigenvalue weighted by Gasteiger charge is 2.24. The molecule has 0 saturated carbocycles. The minimum Gasteiger partial charge on any atom is -0.307 e. The summed E-state index contributed by atoms with van der Waals surface area (Å²) in [6.45, 7) is 3.26. The van der Waals surface area contributed by atoms with Crippen molar-refractivity contribution in [2.45, 2.75) is 18.8 Å². The fraction of sp³-hybridized carbons (Fsp3) is 0.300. The number of rotatable bonds is 6. The molecule has 1 aliphatic rings. The summed E-state index contributed by atoms with van der Waals surface area (Å²) in [6, 6.07) is 12.7. The van der Waals surface area contributed by atoms with Gasteiger partial charge in [-0.2, -0.15) is 0 Å². The Kier molecular flexibility index (Phi) is 5.12. The van der Waals surface area contributed by atoms with Crippen molar-refractivity contribution in [1.29, 1.82) is 0 Å². The molecule has 3 aromatic rings. The highest BCUT2D eigenvalue weighted by molar-refractivity contribution is 5.45. The van der Waals surface area contributed by atoms with Gasteiger partial charge in [-0.3, -0.25) is 4.98 Å². The molecule has 1 aliphatic heterocycles. The van der Waals surface area contributed by atoms with Gasteiger partial charge in [0.25, 0.3) is 0 Å². The van der Waals surface area contributed by atoms with Gasteiger partial charge in [0.1, 0.15) is 0 Å². The zero-order chi connectivity index (χ0) is 17.6. The molecule has 1 aromatic carbocycles. The Labute approximate surface area is 153 Å². The van der Waals surface area contributed by atoms with Crippen molar-refractivity contribution < 1.29 is 0 Å². The second kappa shape index (κ2) is 8.01. The first kappa shape index (κ1) is 16.6. The second-order valence-electron chi connectivity index (χ2n) is 6.54. The summed E-state index contributed by atoms with van der Waals surface area (Å²) in [7, 11) is 0. The Morgan fingerprint density at radius 2 is 1.96 bits per heavy atom. The molecule has 0 aliphatic carbocycles. The number of nitrogens with one attached hydrogen (secondary N) is 1. The van der Waals surface area contributed by atoms with E-state index < -0.39 is 0 Å². The van der Waals surface area contributed by atoms with Gasteiger partial charge in [-0.25, -0.2) is 15.0 Å². The maximum absolute atomic E-state index is 4.69. The molecule has 1 atom stereocenters. The van der Waals surface area contributed by atoms with Crippen LogP contribution in [0.3, 0.4) is 0 Å². The quantitative estimate of drug-likeness (QED) is 0.740. The number of nitrogens with zero attached hydrogens (tertiary/aromatic N) is 5. The lowest BCUT2D eigenvalue weighted by Crippen LogP contribution is -2.23. The van der Waals surface area contributed by atoms with E-state index in [0.29, 0.717) is 17.7 Å². The predicted octanol–water partition coefficient (Wildman–Crippen LogP) is 3.04. The molecule has 6 nitrogen and oxygen atoms in total. The first-order chi connectivity index (χ1) is 12.9. The van der Waals surface area contributed by atoms with Crippen molar-refractivity contribution in [2.75, 3.05) is 25.0 Å². The van der Waals surface area contributed by atoms with E-state index >= 15 is 0 Å². The third kappa shape index (κ3) is 4.21. The molecule has 1 saturated heterocycles. The van der Waals surface area contributed by atoms with E-state index in [4.69, 9.17) is 0 Å². The Balaban J connectivity index is 1.35. The van der Waals surface area contributed by atoms with Crippen LogP contribution in [0.1, 0.15) is 23.6 Å². The fourth-order valence-corrected chi connectivity index (χ4v) is 3.35. The Morgan fingerprint density at radius 1 is 1.04 bits per heavy atom. The molecule has 0 bridgehead atoms. The summed E-state index contributed by atoms with van der Waals surface area (Å²) in [5.41, 5.74) is 2.49. The Hall–Kier alpha value is -2.86. The molecule has 4 rings (SSSR count). The van der Waals surface area contributed by atoms with Crippen LogP contribution in [0.2, 0.25) is 0 Å². The van der Waals surface area contributed by atoms with Crippen molar-refractivity contribution >= 4 is 11.8 Å². The maximum Gasteiger partial charge on any atom is 0.228 e. The van der Waals surface area contributed by atoms with Crippen LogP contribution in [0.15, 0.2) is 61.2 Å². The normalized spacial score (nSPS) is 17.3. The minimum absolute atomic E-state index is 0.455. The molecule has 26 heavy (non-hydrogen) atoms. The smallest absolute Gasteiger partial charge is 0.228 e. The van der Waals surface area contributed by atoms with E-state index in [2.05, 4.69) is 60.5 Å². The van der Waals surface area contributed by atoms with Gasteiger partial charge in [-0.1, -0.05) is 30.3 Å². The van der Waals surface area contributed by atoms with Gasteiger partial charge in [0.15, 0.2) is 5.82 Å². The summed E-state index contributed by atoms with van der Waals surface area (Å²) in [4.78, 5) is 19.8. The molecular formula is C20H22N6. The average molecular weight is 346 g/mol. The highest BCUT2D eigenvalue weighted by atomic mass is 15.2. The largest absolute Gasteiger partial charge is 0.307 e. The van der Waals surface area contributed by atoms with Crippen LogP contribution in [0.5, 0.6) is 0 Å². The molecule has 0 radical (unpaired) electrons. The molecule has 1 fully saturated rings. The van der Waals surface area contributed by atoms with E-state index in [0.717, 1.165) is 38.2 Å². The van der Waals surface area contributed by atoms with E-state index in [-0.39, 0.29) is 0 Å². The summed E-state index contributed by atoms with van der Waals surface area (Å²) in [5, 5.41) is 3.12. The lowest BCUT2D eigenvalue weighted by atomic mass is 10.1. The molecule has 6 heteroatoms. The number of likely N-dealkylation sites (tertiary alicyclic amines) is 1. The molecule has 1 N–H and O–H groups in total. The van der Waals surface area contributed by atoms with Gasteiger partial charge in [0.05, 0.1) is 11.9 Å². The van der Waals surface area contributed by atoms with Gasteiger partial charge in [0.2, 0.25) is 5.95 Å².